The highest BCUT2D eigenvalue weighted by molar-refractivity contribution is 9.11. The van der Waals surface area contributed by atoms with Crippen molar-refractivity contribution in [1.82, 2.24) is 0 Å². The highest BCUT2D eigenvalue weighted by atomic mass is 79.9. The van der Waals surface area contributed by atoms with E-state index in [0.29, 0.717) is 12.8 Å². The van der Waals surface area contributed by atoms with Crippen LogP contribution in [0.25, 0.3) is 0 Å². The van der Waals surface area contributed by atoms with Gasteiger partial charge >= 0.3 is 0 Å². The van der Waals surface area contributed by atoms with Crippen molar-refractivity contribution in [2.24, 2.45) is 0 Å². The third-order valence-electron chi connectivity index (χ3n) is 1.01. The molecular weight excluding hydrogens is 196 g/mol. The summed E-state index contributed by atoms with van der Waals surface area (Å²) < 4.78 is 0.744. The molecule has 0 bridgehead atoms. The molecule has 0 aromatic carbocycles. The molecule has 0 rings (SSSR count). The highest BCUT2D eigenvalue weighted by Crippen LogP contribution is 2.05. The molecule has 0 aliphatic heterocycles. The topological polar surface area (TPSA) is 37.3 Å². The lowest BCUT2D eigenvalue weighted by Crippen LogP contribution is -1.88. The minimum atomic E-state index is 0.0118. The quantitative estimate of drug-likeness (QED) is 0.760. The molecule has 0 fully saturated rings. The smallest absolute Gasteiger partial charge is 0.130 e. The Hall–Kier alpha value is -0.150. The number of carbonyl (C=O) groups is 1. The second-order valence-corrected chi connectivity index (χ2v) is 3.07. The predicted octanol–water partition coefficient (Wildman–Crippen LogP) is 1.63. The summed E-state index contributed by atoms with van der Waals surface area (Å²) in [6, 6.07) is 0. The van der Waals surface area contributed by atoms with Crippen molar-refractivity contribution >= 4 is 21.7 Å². The van der Waals surface area contributed by atoms with Gasteiger partial charge in [0, 0.05) is 10.9 Å². The molecule has 0 aromatic rings. The Morgan fingerprint density at radius 1 is 1.70 bits per heavy atom. The van der Waals surface area contributed by atoms with E-state index in [9.17, 15) is 4.79 Å². The van der Waals surface area contributed by atoms with Gasteiger partial charge in [0.05, 0.1) is 6.61 Å². The molecular formula is C7H11BrO2. The third kappa shape index (κ3) is 5.98. The van der Waals surface area contributed by atoms with Crippen LogP contribution in [0.15, 0.2) is 10.6 Å². The molecule has 58 valence electrons. The van der Waals surface area contributed by atoms with Crippen LogP contribution >= 0.6 is 15.9 Å². The van der Waals surface area contributed by atoms with Gasteiger partial charge in [-0.25, -0.2) is 0 Å². The summed E-state index contributed by atoms with van der Waals surface area (Å²) in [5, 5.41) is 8.50. The second kappa shape index (κ2) is 5.62. The minimum absolute atomic E-state index is 0.0118. The molecule has 3 heteroatoms. The largest absolute Gasteiger partial charge is 0.391 e. The first-order valence-electron chi connectivity index (χ1n) is 3.11. The lowest BCUT2D eigenvalue weighted by Gasteiger charge is -1.91. The van der Waals surface area contributed by atoms with E-state index in [0.717, 1.165) is 4.48 Å². The van der Waals surface area contributed by atoms with Crippen LogP contribution in [0.3, 0.4) is 0 Å². The van der Waals surface area contributed by atoms with Gasteiger partial charge in [-0.05, 0) is 13.3 Å². The van der Waals surface area contributed by atoms with E-state index in [-0.39, 0.29) is 12.4 Å². The van der Waals surface area contributed by atoms with Crippen LogP contribution in [0, 0.1) is 0 Å². The zero-order chi connectivity index (χ0) is 7.98. The number of carbonyl (C=O) groups excluding carboxylic acids is 1. The van der Waals surface area contributed by atoms with Gasteiger partial charge in [0.15, 0.2) is 0 Å². The molecule has 0 aliphatic carbocycles. The van der Waals surface area contributed by atoms with E-state index in [1.54, 1.807) is 13.0 Å². The Balaban J connectivity index is 3.43. The molecule has 0 spiro atoms. The number of ketones is 1. The van der Waals surface area contributed by atoms with Gasteiger partial charge < -0.3 is 9.90 Å². The summed E-state index contributed by atoms with van der Waals surface area (Å²) in [6.07, 6.45) is 3.06. The minimum Gasteiger partial charge on any atom is -0.391 e. The molecule has 0 atom stereocenters. The Morgan fingerprint density at radius 2 is 2.30 bits per heavy atom. The fraction of sp³-hybridized carbons (Fsp3) is 0.571. The average Bonchev–Trinajstić information content (AvgIpc) is 1.87. The van der Waals surface area contributed by atoms with Crippen molar-refractivity contribution in [2.75, 3.05) is 6.61 Å². The third-order valence-corrected chi connectivity index (χ3v) is 1.59. The SMILES string of the molecule is CC(=O)CC/C=C(\Br)CO. The lowest BCUT2D eigenvalue weighted by molar-refractivity contribution is -0.116. The van der Waals surface area contributed by atoms with Crippen molar-refractivity contribution in [3.8, 4) is 0 Å². The fourth-order valence-electron chi connectivity index (χ4n) is 0.497. The van der Waals surface area contributed by atoms with Crippen LogP contribution < -0.4 is 0 Å². The van der Waals surface area contributed by atoms with Gasteiger partial charge in [-0.3, -0.25) is 0 Å². The number of aliphatic hydroxyl groups is 1. The van der Waals surface area contributed by atoms with E-state index in [2.05, 4.69) is 15.9 Å². The molecule has 2 nitrogen and oxygen atoms in total. The van der Waals surface area contributed by atoms with Crippen LogP contribution in [0.4, 0.5) is 0 Å². The van der Waals surface area contributed by atoms with E-state index < -0.39 is 0 Å². The Kier molecular flexibility index (Phi) is 5.54. The van der Waals surface area contributed by atoms with Crippen LogP contribution in [-0.4, -0.2) is 17.5 Å². The first kappa shape index (κ1) is 9.85. The van der Waals surface area contributed by atoms with Gasteiger partial charge in [0.1, 0.15) is 5.78 Å². The Bertz CT molecular complexity index is 141. The second-order valence-electron chi connectivity index (χ2n) is 2.05. The fourth-order valence-corrected chi connectivity index (χ4v) is 0.726. The molecule has 0 aliphatic rings. The van der Waals surface area contributed by atoms with Crippen LogP contribution in [0.2, 0.25) is 0 Å². The van der Waals surface area contributed by atoms with Gasteiger partial charge in [-0.2, -0.15) is 0 Å². The number of halogens is 1. The van der Waals surface area contributed by atoms with Crippen molar-refractivity contribution in [3.05, 3.63) is 10.6 Å². The number of rotatable bonds is 4. The van der Waals surface area contributed by atoms with E-state index in [1.807, 2.05) is 0 Å². The first-order valence-corrected chi connectivity index (χ1v) is 3.91. The summed E-state index contributed by atoms with van der Waals surface area (Å²) >= 11 is 3.13. The van der Waals surface area contributed by atoms with Crippen molar-refractivity contribution < 1.29 is 9.90 Å². The Labute approximate surface area is 69.1 Å². The summed E-state index contributed by atoms with van der Waals surface area (Å²) in [7, 11) is 0. The normalized spacial score (nSPS) is 11.7. The van der Waals surface area contributed by atoms with E-state index in [4.69, 9.17) is 5.11 Å². The molecule has 0 heterocycles. The molecule has 1 N–H and O–H groups in total. The monoisotopic (exact) mass is 206 g/mol. The van der Waals surface area contributed by atoms with Crippen LogP contribution in [0.5, 0.6) is 0 Å². The molecule has 0 unspecified atom stereocenters. The number of hydrogen-bond donors (Lipinski definition) is 1. The van der Waals surface area contributed by atoms with Gasteiger partial charge in [-0.1, -0.05) is 22.0 Å². The molecule has 0 radical (unpaired) electrons. The molecule has 0 amide bonds. The van der Waals surface area contributed by atoms with Gasteiger partial charge in [0.25, 0.3) is 0 Å². The summed E-state index contributed by atoms with van der Waals surface area (Å²) in [6.45, 7) is 1.57. The maximum Gasteiger partial charge on any atom is 0.130 e. The Morgan fingerprint density at radius 3 is 2.70 bits per heavy atom. The predicted molar refractivity (Wildman–Crippen MR) is 44.0 cm³/mol. The standard InChI is InChI=1S/C7H11BrO2/c1-6(10)3-2-4-7(8)5-9/h4,9H,2-3,5H2,1H3/b7-4-. The lowest BCUT2D eigenvalue weighted by atomic mass is 10.2. The first-order chi connectivity index (χ1) is 4.66. The zero-order valence-corrected chi connectivity index (χ0v) is 7.52. The maximum absolute atomic E-state index is 10.4. The molecule has 0 saturated carbocycles. The van der Waals surface area contributed by atoms with Crippen LogP contribution in [0.1, 0.15) is 19.8 Å². The maximum atomic E-state index is 10.4. The van der Waals surface area contributed by atoms with Crippen molar-refractivity contribution in [1.29, 1.82) is 0 Å². The molecule has 0 aromatic heterocycles. The number of Topliss-reactive ketones (excluding diaryl/α,β-unsaturated/α-hetero) is 1. The summed E-state index contributed by atoms with van der Waals surface area (Å²) in [5.41, 5.74) is 0. The number of aliphatic hydroxyl groups excluding tert-OH is 1. The number of hydrogen-bond acceptors (Lipinski definition) is 2. The van der Waals surface area contributed by atoms with Crippen molar-refractivity contribution in [3.63, 3.8) is 0 Å². The van der Waals surface area contributed by atoms with Crippen LogP contribution in [-0.2, 0) is 4.79 Å². The van der Waals surface area contributed by atoms with Gasteiger partial charge in [0.2, 0.25) is 0 Å². The van der Waals surface area contributed by atoms with E-state index in [1.165, 1.54) is 0 Å². The average molecular weight is 207 g/mol. The summed E-state index contributed by atoms with van der Waals surface area (Å²) in [5.74, 6) is 0.175. The molecule has 10 heavy (non-hydrogen) atoms. The zero-order valence-electron chi connectivity index (χ0n) is 5.93. The van der Waals surface area contributed by atoms with Gasteiger partial charge in [-0.15, -0.1) is 0 Å². The van der Waals surface area contributed by atoms with Crippen molar-refractivity contribution in [2.45, 2.75) is 19.8 Å². The van der Waals surface area contributed by atoms with E-state index >= 15 is 0 Å². The summed E-state index contributed by atoms with van der Waals surface area (Å²) in [4.78, 5) is 10.4. The molecule has 0 saturated heterocycles. The highest BCUT2D eigenvalue weighted by Gasteiger charge is 1.91. The number of allylic oxidation sites excluding steroid dienone is 1.